The van der Waals surface area contributed by atoms with Crippen molar-refractivity contribution < 1.29 is 67.4 Å². The van der Waals surface area contributed by atoms with Crippen molar-refractivity contribution in [1.29, 1.82) is 0 Å². The Bertz CT molecular complexity index is 756. The largest absolute Gasteiger partial charge is 0.388 e. The van der Waals surface area contributed by atoms with Crippen LogP contribution < -0.4 is 5.73 Å². The Morgan fingerprint density at radius 2 is 1.15 bits per heavy atom. The quantitative estimate of drug-likeness (QED) is 0.0201. The molecule has 6 N–H and O–H groups in total. The molecule has 0 fully saturated rings. The Balaban J connectivity index is 3.78. The molecule has 14 nitrogen and oxygen atoms in total. The van der Waals surface area contributed by atoms with Crippen LogP contribution in [0.15, 0.2) is 12.7 Å². The van der Waals surface area contributed by atoms with Crippen molar-refractivity contribution in [3.8, 4) is 12.3 Å². The van der Waals surface area contributed by atoms with E-state index in [-0.39, 0.29) is 79.3 Å². The molecule has 0 heterocycles. The summed E-state index contributed by atoms with van der Waals surface area (Å²) in [6.45, 7) is 8.11. The van der Waals surface area contributed by atoms with E-state index < -0.39 is 42.6 Å². The maximum atomic E-state index is 14.3. The summed E-state index contributed by atoms with van der Waals surface area (Å²) >= 11 is 0. The lowest BCUT2D eigenvalue weighted by molar-refractivity contribution is -0.190. The van der Waals surface area contributed by atoms with Crippen molar-refractivity contribution >= 4 is 0 Å². The van der Waals surface area contributed by atoms with E-state index in [1.165, 1.54) is 0 Å². The average Bonchev–Trinajstić information content (AvgIpc) is 2.99. The van der Waals surface area contributed by atoms with Crippen molar-refractivity contribution in [1.82, 2.24) is 0 Å². The number of rotatable bonds is 34. The zero-order valence-electron chi connectivity index (χ0n) is 27.5. The number of nitrogens with two attached hydrogens (primary N) is 1. The van der Waals surface area contributed by atoms with E-state index in [0.29, 0.717) is 39.1 Å². The van der Waals surface area contributed by atoms with E-state index in [9.17, 15) is 24.8 Å². The van der Waals surface area contributed by atoms with Crippen molar-refractivity contribution in [3.05, 3.63) is 12.7 Å². The first-order chi connectivity index (χ1) is 21.9. The summed E-state index contributed by atoms with van der Waals surface area (Å²) in [5.41, 5.74) is 4.91. The SMILES string of the molecule is C#CCCCOCC(O)COCC(O)COCCOC(N)(F)COCCOC(C)(C)CCOCC(O)COCC(O)COCC=C. The molecule has 0 aliphatic rings. The first-order valence-electron chi connectivity index (χ1n) is 15.5. The van der Waals surface area contributed by atoms with Crippen LogP contribution in [-0.2, 0) is 42.6 Å². The van der Waals surface area contributed by atoms with Gasteiger partial charge in [-0.25, -0.2) is 0 Å². The highest BCUT2D eigenvalue weighted by Gasteiger charge is 2.25. The van der Waals surface area contributed by atoms with Gasteiger partial charge in [0.1, 0.15) is 31.0 Å². The summed E-state index contributed by atoms with van der Waals surface area (Å²) in [7, 11) is 0. The smallest absolute Gasteiger partial charge is 0.287 e. The Morgan fingerprint density at radius 3 is 1.70 bits per heavy atom. The molecule has 0 aromatic rings. The Hall–Kier alpha value is -1.33. The first-order valence-corrected chi connectivity index (χ1v) is 15.5. The minimum Gasteiger partial charge on any atom is -0.388 e. The van der Waals surface area contributed by atoms with Gasteiger partial charge in [0.25, 0.3) is 5.98 Å². The number of aliphatic hydroxyl groups excluding tert-OH is 4. The minimum atomic E-state index is -2.53. The van der Waals surface area contributed by atoms with Gasteiger partial charge in [-0.3, -0.25) is 5.73 Å². The number of hydrogen-bond acceptors (Lipinski definition) is 14. The Kier molecular flexibility index (Phi) is 27.8. The number of halogens is 1. The molecule has 0 amide bonds. The number of ether oxygens (including phenoxy) is 9. The van der Waals surface area contributed by atoms with E-state index in [4.69, 9.17) is 54.8 Å². The normalized spacial score (nSPS) is 16.0. The van der Waals surface area contributed by atoms with Crippen LogP contribution in [0.25, 0.3) is 0 Å². The van der Waals surface area contributed by atoms with Crippen molar-refractivity contribution in [2.45, 2.75) is 69.1 Å². The first kappa shape index (κ1) is 44.7. The molecule has 15 heteroatoms. The van der Waals surface area contributed by atoms with Gasteiger partial charge in [-0.1, -0.05) is 6.08 Å². The van der Waals surface area contributed by atoms with Crippen molar-refractivity contribution in [3.63, 3.8) is 0 Å². The third-order valence-corrected chi connectivity index (χ3v) is 5.76. The molecule has 0 aromatic carbocycles. The van der Waals surface area contributed by atoms with Crippen LogP contribution in [0.2, 0.25) is 0 Å². The second-order valence-corrected chi connectivity index (χ2v) is 11.1. The summed E-state index contributed by atoms with van der Waals surface area (Å²) in [5, 5.41) is 39.3. The van der Waals surface area contributed by atoms with Crippen LogP contribution >= 0.6 is 0 Å². The monoisotopic (exact) mass is 671 g/mol. The van der Waals surface area contributed by atoms with E-state index in [2.05, 4.69) is 12.5 Å². The molecule has 272 valence electrons. The van der Waals surface area contributed by atoms with Gasteiger partial charge in [-0.2, -0.15) is 4.39 Å². The lowest BCUT2D eigenvalue weighted by Gasteiger charge is -2.26. The summed E-state index contributed by atoms with van der Waals surface area (Å²) in [4.78, 5) is 0. The molecule has 5 unspecified atom stereocenters. The van der Waals surface area contributed by atoms with Gasteiger partial charge in [0.15, 0.2) is 0 Å². The summed E-state index contributed by atoms with van der Waals surface area (Å²) in [5.74, 6) is -0.0312. The van der Waals surface area contributed by atoms with Crippen LogP contribution in [0.4, 0.5) is 4.39 Å². The highest BCUT2D eigenvalue weighted by molar-refractivity contribution is 4.82. The molecule has 0 aromatic heterocycles. The van der Waals surface area contributed by atoms with Crippen molar-refractivity contribution in [2.75, 3.05) is 106 Å². The van der Waals surface area contributed by atoms with Gasteiger partial charge >= 0.3 is 0 Å². The fourth-order valence-corrected chi connectivity index (χ4v) is 3.38. The maximum Gasteiger partial charge on any atom is 0.287 e. The van der Waals surface area contributed by atoms with Gasteiger partial charge in [-0.05, 0) is 26.7 Å². The molecule has 0 aliphatic heterocycles. The maximum absolute atomic E-state index is 14.3. The number of alkyl halides is 1. The van der Waals surface area contributed by atoms with Crippen molar-refractivity contribution in [2.24, 2.45) is 5.73 Å². The highest BCUT2D eigenvalue weighted by atomic mass is 19.2. The molecule has 0 saturated carbocycles. The van der Waals surface area contributed by atoms with E-state index >= 15 is 0 Å². The number of unbranched alkanes of at least 4 members (excludes halogenated alkanes) is 1. The van der Waals surface area contributed by atoms with Crippen LogP contribution in [-0.4, -0.2) is 162 Å². The van der Waals surface area contributed by atoms with E-state index in [1.54, 1.807) is 6.08 Å². The molecule has 0 radical (unpaired) electrons. The number of hydrogen-bond donors (Lipinski definition) is 5. The Labute approximate surface area is 273 Å². The summed E-state index contributed by atoms with van der Waals surface area (Å²) in [6, 6.07) is 0. The zero-order chi connectivity index (χ0) is 34.5. The third kappa shape index (κ3) is 30.0. The van der Waals surface area contributed by atoms with Crippen LogP contribution in [0.1, 0.15) is 33.1 Å². The number of terminal acetylenes is 1. The topological polar surface area (TPSA) is 190 Å². The molecule has 0 rings (SSSR count). The van der Waals surface area contributed by atoms with E-state index in [0.717, 1.165) is 0 Å². The molecule has 5 atom stereocenters. The lowest BCUT2D eigenvalue weighted by Crippen LogP contribution is -2.44. The second kappa shape index (κ2) is 28.7. The number of aliphatic hydroxyl groups is 4. The van der Waals surface area contributed by atoms with Gasteiger partial charge in [0.2, 0.25) is 0 Å². The fraction of sp³-hybridized carbons (Fsp3) is 0.871. The summed E-state index contributed by atoms with van der Waals surface area (Å²) < 4.78 is 61.9. The summed E-state index contributed by atoms with van der Waals surface area (Å²) in [6.07, 6.45) is 5.18. The molecule has 0 saturated heterocycles. The second-order valence-electron chi connectivity index (χ2n) is 11.1. The average molecular weight is 672 g/mol. The molecular weight excluding hydrogens is 613 g/mol. The minimum absolute atomic E-state index is 0.00643. The molecule has 0 aliphatic carbocycles. The molecule has 0 spiro atoms. The standard InChI is InChI=1S/C31H58FNO13/c1-5-7-8-11-39-18-27(35)22-44-24-29(37)20-41-13-16-46-31(32,33)25-42-14-15-45-30(3,4)9-12-40-19-28(36)23-43-21-26(34)17-38-10-6-2/h1,6,26-29,34-37H,2,7-25,33H2,3-4H3. The lowest BCUT2D eigenvalue weighted by atomic mass is 10.1. The predicted molar refractivity (Wildman–Crippen MR) is 167 cm³/mol. The van der Waals surface area contributed by atoms with Crippen LogP contribution in [0, 0.1) is 12.3 Å². The molecule has 0 bridgehead atoms. The van der Waals surface area contributed by atoms with Gasteiger partial charge in [-0.15, -0.1) is 18.9 Å². The van der Waals surface area contributed by atoms with Crippen LogP contribution in [0.5, 0.6) is 0 Å². The van der Waals surface area contributed by atoms with Crippen LogP contribution in [0.3, 0.4) is 0 Å². The fourth-order valence-electron chi connectivity index (χ4n) is 3.38. The van der Waals surface area contributed by atoms with Gasteiger partial charge < -0.3 is 63.1 Å². The van der Waals surface area contributed by atoms with Gasteiger partial charge in [0.05, 0.1) is 91.5 Å². The molecular formula is C31H58FNO13. The molecule has 46 heavy (non-hydrogen) atoms. The predicted octanol–water partition coefficient (Wildman–Crippen LogP) is -0.0705. The third-order valence-electron chi connectivity index (χ3n) is 5.76. The zero-order valence-corrected chi connectivity index (χ0v) is 27.5. The highest BCUT2D eigenvalue weighted by Crippen LogP contribution is 2.15. The van der Waals surface area contributed by atoms with E-state index in [1.807, 2.05) is 13.8 Å². The van der Waals surface area contributed by atoms with Gasteiger partial charge in [0, 0.05) is 19.6 Å². The Morgan fingerprint density at radius 1 is 0.696 bits per heavy atom.